The van der Waals surface area contributed by atoms with Gasteiger partial charge in [0, 0.05) is 23.4 Å². The van der Waals surface area contributed by atoms with Crippen molar-refractivity contribution in [3.8, 4) is 5.75 Å². The predicted molar refractivity (Wildman–Crippen MR) is 87.6 cm³/mol. The fourth-order valence-electron chi connectivity index (χ4n) is 2.46. The predicted octanol–water partition coefficient (Wildman–Crippen LogP) is 3.77. The molecule has 0 fully saturated rings. The minimum absolute atomic E-state index is 0.202. The molecule has 0 spiro atoms. The van der Waals surface area contributed by atoms with Gasteiger partial charge in [0.2, 0.25) is 0 Å². The van der Waals surface area contributed by atoms with Crippen LogP contribution in [0.4, 0.5) is 0 Å². The van der Waals surface area contributed by atoms with Gasteiger partial charge in [-0.2, -0.15) is 0 Å². The van der Waals surface area contributed by atoms with Crippen molar-refractivity contribution < 1.29 is 18.7 Å². The molecule has 1 aromatic heterocycles. The molecule has 0 radical (unpaired) electrons. The highest BCUT2D eigenvalue weighted by Crippen LogP contribution is 2.26. The lowest BCUT2D eigenvalue weighted by Crippen LogP contribution is -2.10. The number of rotatable bonds is 6. The van der Waals surface area contributed by atoms with E-state index in [-0.39, 0.29) is 12.4 Å². The smallest absolute Gasteiger partial charge is 0.310 e. The second-order valence-corrected chi connectivity index (χ2v) is 5.26. The van der Waals surface area contributed by atoms with Crippen molar-refractivity contribution in [1.29, 1.82) is 0 Å². The summed E-state index contributed by atoms with van der Waals surface area (Å²) in [5, 5.41) is 0.908. The van der Waals surface area contributed by atoms with Crippen molar-refractivity contribution >= 4 is 16.9 Å². The summed E-state index contributed by atoms with van der Waals surface area (Å²) in [4.78, 5) is 12.0. The lowest BCUT2D eigenvalue weighted by molar-refractivity contribution is -0.142. The van der Waals surface area contributed by atoms with Gasteiger partial charge in [-0.1, -0.05) is 30.3 Å². The SMILES string of the molecule is COc1ccc2c(CC(=O)OCCc3ccccc3)coc2c1. The minimum atomic E-state index is -0.251. The second-order valence-electron chi connectivity index (χ2n) is 5.26. The molecule has 4 nitrogen and oxygen atoms in total. The molecular weight excluding hydrogens is 292 g/mol. The Labute approximate surface area is 134 Å². The number of hydrogen-bond donors (Lipinski definition) is 0. The van der Waals surface area contributed by atoms with Gasteiger partial charge in [0.15, 0.2) is 0 Å². The third-order valence-electron chi connectivity index (χ3n) is 3.69. The summed E-state index contributed by atoms with van der Waals surface area (Å²) < 4.78 is 15.9. The van der Waals surface area contributed by atoms with Gasteiger partial charge in [0.25, 0.3) is 0 Å². The Morgan fingerprint density at radius 1 is 1.13 bits per heavy atom. The number of furan rings is 1. The molecule has 0 unspecified atom stereocenters. The Morgan fingerprint density at radius 3 is 2.74 bits per heavy atom. The lowest BCUT2D eigenvalue weighted by Gasteiger charge is -2.04. The summed E-state index contributed by atoms with van der Waals surface area (Å²) in [7, 11) is 1.61. The molecule has 1 heterocycles. The van der Waals surface area contributed by atoms with E-state index in [2.05, 4.69) is 0 Å². The third kappa shape index (κ3) is 3.72. The minimum Gasteiger partial charge on any atom is -0.497 e. The van der Waals surface area contributed by atoms with Crippen LogP contribution >= 0.6 is 0 Å². The zero-order valence-corrected chi connectivity index (χ0v) is 13.0. The van der Waals surface area contributed by atoms with Crippen LogP contribution in [-0.2, 0) is 22.4 Å². The quantitative estimate of drug-likeness (QED) is 0.650. The first-order valence-corrected chi connectivity index (χ1v) is 7.50. The summed E-state index contributed by atoms with van der Waals surface area (Å²) >= 11 is 0. The second kappa shape index (κ2) is 7.01. The summed E-state index contributed by atoms with van der Waals surface area (Å²) in [5.74, 6) is 0.475. The summed E-state index contributed by atoms with van der Waals surface area (Å²) in [5.41, 5.74) is 2.69. The monoisotopic (exact) mass is 310 g/mol. The van der Waals surface area contributed by atoms with E-state index >= 15 is 0 Å². The van der Waals surface area contributed by atoms with E-state index in [1.54, 1.807) is 19.4 Å². The molecule has 0 amide bonds. The van der Waals surface area contributed by atoms with Gasteiger partial charge in [-0.05, 0) is 17.7 Å². The number of carbonyl (C=O) groups excluding carboxylic acids is 1. The number of methoxy groups -OCH3 is 1. The van der Waals surface area contributed by atoms with E-state index in [1.807, 2.05) is 42.5 Å². The number of hydrogen-bond acceptors (Lipinski definition) is 4. The van der Waals surface area contributed by atoms with Gasteiger partial charge in [-0.3, -0.25) is 4.79 Å². The topological polar surface area (TPSA) is 48.7 Å². The van der Waals surface area contributed by atoms with Crippen molar-refractivity contribution in [1.82, 2.24) is 0 Å². The van der Waals surface area contributed by atoms with Crippen molar-refractivity contribution in [2.45, 2.75) is 12.8 Å². The van der Waals surface area contributed by atoms with Crippen LogP contribution in [0.3, 0.4) is 0 Å². The van der Waals surface area contributed by atoms with Gasteiger partial charge >= 0.3 is 5.97 Å². The largest absolute Gasteiger partial charge is 0.497 e. The highest BCUT2D eigenvalue weighted by Gasteiger charge is 2.12. The highest BCUT2D eigenvalue weighted by atomic mass is 16.5. The van der Waals surface area contributed by atoms with Crippen LogP contribution in [0.1, 0.15) is 11.1 Å². The molecule has 0 aliphatic rings. The molecule has 0 aliphatic carbocycles. The third-order valence-corrected chi connectivity index (χ3v) is 3.69. The molecule has 0 saturated heterocycles. The molecule has 2 aromatic carbocycles. The zero-order chi connectivity index (χ0) is 16.1. The molecule has 0 N–H and O–H groups in total. The maximum atomic E-state index is 12.0. The Hall–Kier alpha value is -2.75. The zero-order valence-electron chi connectivity index (χ0n) is 13.0. The summed E-state index contributed by atoms with van der Waals surface area (Å²) in [6.07, 6.45) is 2.52. The van der Waals surface area contributed by atoms with Crippen molar-refractivity contribution in [2.24, 2.45) is 0 Å². The van der Waals surface area contributed by atoms with Gasteiger partial charge < -0.3 is 13.9 Å². The highest BCUT2D eigenvalue weighted by molar-refractivity contribution is 5.86. The molecule has 0 saturated carbocycles. The molecule has 3 aromatic rings. The maximum absolute atomic E-state index is 12.0. The molecule has 118 valence electrons. The van der Waals surface area contributed by atoms with Crippen LogP contribution in [0.25, 0.3) is 11.0 Å². The first kappa shape index (κ1) is 15.2. The molecule has 4 heteroatoms. The van der Waals surface area contributed by atoms with Crippen LogP contribution < -0.4 is 4.74 Å². The molecule has 0 atom stereocenters. The molecule has 23 heavy (non-hydrogen) atoms. The van der Waals surface area contributed by atoms with Crippen molar-refractivity contribution in [2.75, 3.05) is 13.7 Å². The van der Waals surface area contributed by atoms with E-state index < -0.39 is 0 Å². The molecule has 3 rings (SSSR count). The van der Waals surface area contributed by atoms with Crippen molar-refractivity contribution in [3.05, 3.63) is 65.9 Å². The number of ether oxygens (including phenoxy) is 2. The summed E-state index contributed by atoms with van der Waals surface area (Å²) in [6.45, 7) is 0.381. The molecule has 0 bridgehead atoms. The van der Waals surface area contributed by atoms with E-state index in [0.717, 1.165) is 28.7 Å². The van der Waals surface area contributed by atoms with Gasteiger partial charge in [0.1, 0.15) is 11.3 Å². The van der Waals surface area contributed by atoms with Crippen LogP contribution in [0.2, 0.25) is 0 Å². The fraction of sp³-hybridized carbons (Fsp3) is 0.211. The Bertz CT molecular complexity index is 789. The van der Waals surface area contributed by atoms with E-state index in [9.17, 15) is 4.79 Å². The standard InChI is InChI=1S/C19H18O4/c1-21-16-7-8-17-15(13-23-18(17)12-16)11-19(20)22-10-9-14-5-3-2-4-6-14/h2-8,12-13H,9-11H2,1H3. The average molecular weight is 310 g/mol. The molecular formula is C19H18O4. The summed E-state index contributed by atoms with van der Waals surface area (Å²) in [6, 6.07) is 15.5. The van der Waals surface area contributed by atoms with Crippen LogP contribution in [0.5, 0.6) is 5.75 Å². The van der Waals surface area contributed by atoms with E-state index in [1.165, 1.54) is 0 Å². The van der Waals surface area contributed by atoms with Crippen LogP contribution in [0.15, 0.2) is 59.2 Å². The fourth-order valence-corrected chi connectivity index (χ4v) is 2.46. The van der Waals surface area contributed by atoms with Gasteiger partial charge in [0.05, 0.1) is 26.4 Å². The van der Waals surface area contributed by atoms with Gasteiger partial charge in [-0.25, -0.2) is 0 Å². The van der Waals surface area contributed by atoms with Gasteiger partial charge in [-0.15, -0.1) is 0 Å². The normalized spacial score (nSPS) is 10.7. The van der Waals surface area contributed by atoms with Crippen molar-refractivity contribution in [3.63, 3.8) is 0 Å². The number of carbonyl (C=O) groups is 1. The first-order valence-electron chi connectivity index (χ1n) is 7.50. The Balaban J connectivity index is 1.57. The molecule has 0 aliphatic heterocycles. The number of benzene rings is 2. The Kier molecular flexibility index (Phi) is 4.62. The van der Waals surface area contributed by atoms with Crippen LogP contribution in [0, 0.1) is 0 Å². The number of fused-ring (bicyclic) bond motifs is 1. The van der Waals surface area contributed by atoms with E-state index in [0.29, 0.717) is 12.2 Å². The average Bonchev–Trinajstić information content (AvgIpc) is 2.98. The van der Waals surface area contributed by atoms with Crippen LogP contribution in [-0.4, -0.2) is 19.7 Å². The van der Waals surface area contributed by atoms with E-state index in [4.69, 9.17) is 13.9 Å². The Morgan fingerprint density at radius 2 is 1.96 bits per heavy atom. The number of esters is 1. The maximum Gasteiger partial charge on any atom is 0.310 e. The lowest BCUT2D eigenvalue weighted by atomic mass is 10.1. The first-order chi connectivity index (χ1) is 11.3.